The van der Waals surface area contributed by atoms with Gasteiger partial charge in [-0.05, 0) is 52.1 Å². The first kappa shape index (κ1) is 13.8. The summed E-state index contributed by atoms with van der Waals surface area (Å²) in [7, 11) is 2.18. The van der Waals surface area contributed by atoms with Crippen LogP contribution in [0.1, 0.15) is 51.9 Å². The lowest BCUT2D eigenvalue weighted by molar-refractivity contribution is -0.147. The molecule has 0 bridgehead atoms. The predicted molar refractivity (Wildman–Crippen MR) is 71.7 cm³/mol. The Bertz CT molecular complexity index is 300. The third-order valence-corrected chi connectivity index (χ3v) is 4.88. The lowest BCUT2D eigenvalue weighted by Gasteiger charge is -2.46. The van der Waals surface area contributed by atoms with Crippen molar-refractivity contribution in [2.45, 2.75) is 69.5 Å². The van der Waals surface area contributed by atoms with E-state index in [1.54, 1.807) is 0 Å². The fourth-order valence-corrected chi connectivity index (χ4v) is 3.45. The maximum Gasteiger partial charge on any atom is 0.323 e. The van der Waals surface area contributed by atoms with E-state index < -0.39 is 11.5 Å². The van der Waals surface area contributed by atoms with Crippen molar-refractivity contribution < 1.29 is 9.90 Å². The monoisotopic (exact) mass is 254 g/mol. The summed E-state index contributed by atoms with van der Waals surface area (Å²) >= 11 is 0. The number of hydrogen-bond acceptors (Lipinski definition) is 3. The average Bonchev–Trinajstić information content (AvgIpc) is 2.27. The summed E-state index contributed by atoms with van der Waals surface area (Å²) < 4.78 is 0. The van der Waals surface area contributed by atoms with Crippen LogP contribution in [0.15, 0.2) is 0 Å². The summed E-state index contributed by atoms with van der Waals surface area (Å²) in [5.41, 5.74) is -0.685. The molecule has 2 aliphatic carbocycles. The van der Waals surface area contributed by atoms with Crippen molar-refractivity contribution in [3.63, 3.8) is 0 Å². The van der Waals surface area contributed by atoms with Gasteiger partial charge in [0.25, 0.3) is 0 Å². The topological polar surface area (TPSA) is 52.6 Å². The molecule has 2 aliphatic rings. The van der Waals surface area contributed by atoms with Crippen LogP contribution in [-0.2, 0) is 4.79 Å². The van der Waals surface area contributed by atoms with E-state index >= 15 is 0 Å². The van der Waals surface area contributed by atoms with Crippen LogP contribution >= 0.6 is 0 Å². The molecule has 4 nitrogen and oxygen atoms in total. The van der Waals surface area contributed by atoms with Gasteiger partial charge in [-0.1, -0.05) is 13.3 Å². The summed E-state index contributed by atoms with van der Waals surface area (Å²) in [6.07, 6.45) is 7.59. The Morgan fingerprint density at radius 1 is 1.33 bits per heavy atom. The van der Waals surface area contributed by atoms with Gasteiger partial charge in [0.1, 0.15) is 5.54 Å². The van der Waals surface area contributed by atoms with Crippen LogP contribution in [0, 0.1) is 0 Å². The molecule has 2 rings (SSSR count). The molecular weight excluding hydrogens is 228 g/mol. The van der Waals surface area contributed by atoms with Crippen molar-refractivity contribution in [1.29, 1.82) is 0 Å². The van der Waals surface area contributed by atoms with Gasteiger partial charge in [0.15, 0.2) is 0 Å². The standard InChI is InChI=1S/C14H26N2O2/c1-3-15-14(13(17)18)9-5-8-12(10-14)16(2)11-6-4-7-11/h11-12,15H,3-10H2,1-2H3,(H,17,18). The fourth-order valence-electron chi connectivity index (χ4n) is 3.45. The van der Waals surface area contributed by atoms with Gasteiger partial charge < -0.3 is 15.3 Å². The van der Waals surface area contributed by atoms with Crippen molar-refractivity contribution in [1.82, 2.24) is 10.2 Å². The number of nitrogens with one attached hydrogen (secondary N) is 1. The molecule has 0 radical (unpaired) electrons. The summed E-state index contributed by atoms with van der Waals surface area (Å²) in [5, 5.41) is 12.8. The number of likely N-dealkylation sites (N-methyl/N-ethyl adjacent to an activating group) is 1. The third-order valence-electron chi connectivity index (χ3n) is 4.88. The van der Waals surface area contributed by atoms with E-state index in [0.29, 0.717) is 12.1 Å². The summed E-state index contributed by atoms with van der Waals surface area (Å²) in [5.74, 6) is -0.670. The minimum atomic E-state index is -0.685. The molecular formula is C14H26N2O2. The smallest absolute Gasteiger partial charge is 0.323 e. The fraction of sp³-hybridized carbons (Fsp3) is 0.929. The zero-order valence-electron chi connectivity index (χ0n) is 11.6. The van der Waals surface area contributed by atoms with E-state index in [0.717, 1.165) is 32.2 Å². The summed E-state index contributed by atoms with van der Waals surface area (Å²) in [6, 6.07) is 1.13. The van der Waals surface area contributed by atoms with Crippen LogP contribution in [-0.4, -0.2) is 47.2 Å². The quantitative estimate of drug-likeness (QED) is 0.786. The largest absolute Gasteiger partial charge is 0.480 e. The normalized spacial score (nSPS) is 33.4. The summed E-state index contributed by atoms with van der Waals surface area (Å²) in [4.78, 5) is 14.0. The Hall–Kier alpha value is -0.610. The van der Waals surface area contributed by atoms with Crippen LogP contribution in [0.2, 0.25) is 0 Å². The molecule has 2 saturated carbocycles. The lowest BCUT2D eigenvalue weighted by Crippen LogP contribution is -2.59. The SMILES string of the molecule is CCNC1(C(=O)O)CCCC(N(C)C2CCC2)C1. The number of carboxylic acid groups (broad SMARTS) is 1. The van der Waals surface area contributed by atoms with Crippen molar-refractivity contribution in [2.75, 3.05) is 13.6 Å². The van der Waals surface area contributed by atoms with Gasteiger partial charge in [-0.2, -0.15) is 0 Å². The van der Waals surface area contributed by atoms with Gasteiger partial charge >= 0.3 is 5.97 Å². The molecule has 0 aliphatic heterocycles. The second-order valence-electron chi connectivity index (χ2n) is 5.92. The highest BCUT2D eigenvalue weighted by Gasteiger charge is 2.44. The molecule has 2 N–H and O–H groups in total. The number of carboxylic acids is 1. The second-order valence-corrected chi connectivity index (χ2v) is 5.92. The van der Waals surface area contributed by atoms with Crippen LogP contribution in [0.5, 0.6) is 0 Å². The van der Waals surface area contributed by atoms with Gasteiger partial charge in [-0.25, -0.2) is 0 Å². The molecule has 4 heteroatoms. The molecule has 2 fully saturated rings. The Kier molecular flexibility index (Phi) is 4.28. The van der Waals surface area contributed by atoms with Crippen molar-refractivity contribution in [2.24, 2.45) is 0 Å². The molecule has 0 aromatic rings. The van der Waals surface area contributed by atoms with Gasteiger partial charge in [0.05, 0.1) is 0 Å². The van der Waals surface area contributed by atoms with Gasteiger partial charge in [0.2, 0.25) is 0 Å². The van der Waals surface area contributed by atoms with Crippen LogP contribution in [0.25, 0.3) is 0 Å². The van der Waals surface area contributed by atoms with E-state index in [1.807, 2.05) is 6.92 Å². The van der Waals surface area contributed by atoms with E-state index in [4.69, 9.17) is 0 Å². The van der Waals surface area contributed by atoms with Crippen LogP contribution in [0.4, 0.5) is 0 Å². The molecule has 0 aromatic heterocycles. The van der Waals surface area contributed by atoms with Crippen molar-refractivity contribution in [3.8, 4) is 0 Å². The molecule has 0 aromatic carbocycles. The first-order valence-electron chi connectivity index (χ1n) is 7.29. The molecule has 104 valence electrons. The molecule has 0 spiro atoms. The Morgan fingerprint density at radius 3 is 2.50 bits per heavy atom. The lowest BCUT2D eigenvalue weighted by atomic mass is 9.77. The van der Waals surface area contributed by atoms with Crippen molar-refractivity contribution in [3.05, 3.63) is 0 Å². The number of rotatable bonds is 5. The number of carbonyl (C=O) groups is 1. The minimum absolute atomic E-state index is 0.430. The Labute approximate surface area is 110 Å². The Balaban J connectivity index is 2.03. The highest BCUT2D eigenvalue weighted by Crippen LogP contribution is 2.35. The highest BCUT2D eigenvalue weighted by atomic mass is 16.4. The van der Waals surface area contributed by atoms with Crippen molar-refractivity contribution >= 4 is 5.97 Å². The second kappa shape index (κ2) is 5.57. The zero-order valence-corrected chi connectivity index (χ0v) is 11.6. The zero-order chi connectivity index (χ0) is 13.2. The predicted octanol–water partition coefficient (Wildman–Crippen LogP) is 1.85. The maximum atomic E-state index is 11.6. The maximum absolute atomic E-state index is 11.6. The van der Waals surface area contributed by atoms with E-state index in [9.17, 15) is 9.90 Å². The summed E-state index contributed by atoms with van der Waals surface area (Å²) in [6.45, 7) is 2.72. The first-order chi connectivity index (χ1) is 8.59. The minimum Gasteiger partial charge on any atom is -0.480 e. The van der Waals surface area contributed by atoms with E-state index in [-0.39, 0.29) is 0 Å². The van der Waals surface area contributed by atoms with Crippen LogP contribution < -0.4 is 5.32 Å². The average molecular weight is 254 g/mol. The molecule has 0 amide bonds. The van der Waals surface area contributed by atoms with E-state index in [2.05, 4.69) is 17.3 Å². The van der Waals surface area contributed by atoms with Crippen LogP contribution in [0.3, 0.4) is 0 Å². The highest BCUT2D eigenvalue weighted by molar-refractivity contribution is 5.79. The molecule has 2 atom stereocenters. The molecule has 0 heterocycles. The number of nitrogens with zero attached hydrogens (tertiary/aromatic N) is 1. The molecule has 18 heavy (non-hydrogen) atoms. The van der Waals surface area contributed by atoms with Gasteiger partial charge in [0, 0.05) is 12.1 Å². The van der Waals surface area contributed by atoms with Gasteiger partial charge in [-0.15, -0.1) is 0 Å². The van der Waals surface area contributed by atoms with E-state index in [1.165, 1.54) is 19.3 Å². The Morgan fingerprint density at radius 2 is 2.00 bits per heavy atom. The number of aliphatic carboxylic acids is 1. The molecule has 0 saturated heterocycles. The molecule has 2 unspecified atom stereocenters. The third kappa shape index (κ3) is 2.54. The van der Waals surface area contributed by atoms with Gasteiger partial charge in [-0.3, -0.25) is 4.79 Å². The first-order valence-corrected chi connectivity index (χ1v) is 7.29. The number of hydrogen-bond donors (Lipinski definition) is 2.